The maximum Gasteiger partial charge on any atom is 0.234 e. The molecule has 0 spiro atoms. The predicted octanol–water partition coefficient (Wildman–Crippen LogP) is 6.55. The number of fused-ring (bicyclic) bond motifs is 1. The Labute approximate surface area is 173 Å². The number of hydrogen-bond acceptors (Lipinski definition) is 5. The molecule has 0 radical (unpaired) electrons. The molecule has 0 atom stereocenters. The average Bonchev–Trinajstić information content (AvgIpc) is 3.19. The highest BCUT2D eigenvalue weighted by Gasteiger charge is 2.15. The lowest BCUT2D eigenvalue weighted by atomic mass is 10.0. The van der Waals surface area contributed by atoms with E-state index in [9.17, 15) is 0 Å². The van der Waals surface area contributed by atoms with Crippen molar-refractivity contribution in [3.05, 3.63) is 84.5 Å². The largest absolute Gasteiger partial charge is 0.488 e. The van der Waals surface area contributed by atoms with Gasteiger partial charge in [0.25, 0.3) is 0 Å². The molecule has 3 heterocycles. The van der Waals surface area contributed by atoms with E-state index < -0.39 is 0 Å². The first kappa shape index (κ1) is 17.9. The van der Waals surface area contributed by atoms with E-state index in [1.165, 1.54) is 20.5 Å². The van der Waals surface area contributed by atoms with Crippen LogP contribution in [0.15, 0.2) is 89.5 Å². The van der Waals surface area contributed by atoms with Crippen LogP contribution in [0.3, 0.4) is 0 Å². The molecule has 1 aliphatic heterocycles. The molecule has 0 saturated heterocycles. The number of thiophene rings is 1. The van der Waals surface area contributed by atoms with Gasteiger partial charge in [0, 0.05) is 22.2 Å². The lowest BCUT2D eigenvalue weighted by molar-refractivity contribution is 0.211. The first-order chi connectivity index (χ1) is 14.3. The minimum Gasteiger partial charge on any atom is -0.488 e. The Hall–Kier alpha value is -3.18. The second kappa shape index (κ2) is 8.05. The molecule has 0 unspecified atom stereocenters. The van der Waals surface area contributed by atoms with Crippen LogP contribution in [0.5, 0.6) is 0 Å². The van der Waals surface area contributed by atoms with Crippen molar-refractivity contribution in [2.45, 2.75) is 19.3 Å². The molecule has 0 bridgehead atoms. The summed E-state index contributed by atoms with van der Waals surface area (Å²) in [4.78, 5) is 10.2. The van der Waals surface area contributed by atoms with Crippen molar-refractivity contribution in [2.75, 3.05) is 6.61 Å². The summed E-state index contributed by atoms with van der Waals surface area (Å²) in [7, 11) is 0. The zero-order valence-electron chi connectivity index (χ0n) is 15.9. The number of pyridine rings is 1. The summed E-state index contributed by atoms with van der Waals surface area (Å²) in [6.45, 7) is 0.317. The van der Waals surface area contributed by atoms with E-state index in [0.29, 0.717) is 18.3 Å². The van der Waals surface area contributed by atoms with Crippen molar-refractivity contribution < 1.29 is 9.47 Å². The lowest BCUT2D eigenvalue weighted by Crippen LogP contribution is -2.17. The van der Waals surface area contributed by atoms with Crippen LogP contribution in [-0.4, -0.2) is 17.5 Å². The molecule has 0 fully saturated rings. The molecule has 3 aromatic rings. The van der Waals surface area contributed by atoms with E-state index in [0.717, 1.165) is 30.6 Å². The number of benzene rings is 1. The fourth-order valence-corrected chi connectivity index (χ4v) is 4.51. The Balaban J connectivity index is 1.35. The molecule has 1 aromatic carbocycles. The molecule has 0 saturated carbocycles. The fourth-order valence-electron chi connectivity index (χ4n) is 3.45. The van der Waals surface area contributed by atoms with Crippen LogP contribution in [-0.2, 0) is 9.47 Å². The van der Waals surface area contributed by atoms with Gasteiger partial charge in [0.05, 0.1) is 0 Å². The van der Waals surface area contributed by atoms with Gasteiger partial charge in [-0.25, -0.2) is 4.98 Å². The smallest absolute Gasteiger partial charge is 0.234 e. The van der Waals surface area contributed by atoms with Crippen LogP contribution in [0.2, 0.25) is 0 Å². The second-order valence-electron chi connectivity index (χ2n) is 7.02. The summed E-state index contributed by atoms with van der Waals surface area (Å²) < 4.78 is 12.8. The van der Waals surface area contributed by atoms with Crippen molar-refractivity contribution in [1.29, 1.82) is 0 Å². The SMILES string of the molecule is C1=CCCC(CC2=COCC(=Nc3cc(-c4cc5ccccc5s4)ccn3)O2)=C1. The highest BCUT2D eigenvalue weighted by atomic mass is 32.1. The van der Waals surface area contributed by atoms with Crippen molar-refractivity contribution in [1.82, 2.24) is 4.98 Å². The summed E-state index contributed by atoms with van der Waals surface area (Å²) in [6, 6.07) is 14.6. The zero-order chi connectivity index (χ0) is 19.5. The topological polar surface area (TPSA) is 43.7 Å². The van der Waals surface area contributed by atoms with Crippen molar-refractivity contribution in [3.63, 3.8) is 0 Å². The van der Waals surface area contributed by atoms with E-state index in [1.54, 1.807) is 23.8 Å². The number of aromatic nitrogens is 1. The molecule has 144 valence electrons. The monoisotopic (exact) mass is 400 g/mol. The summed E-state index contributed by atoms with van der Waals surface area (Å²) in [6.07, 6.45) is 12.8. The van der Waals surface area contributed by atoms with Crippen molar-refractivity contribution >= 4 is 33.1 Å². The standard InChI is InChI=1S/C24H20N2O2S/c1-2-6-17(7-3-1)12-20-15-27-16-24(28-20)26-23-14-19(10-11-25-23)22-13-18-8-4-5-9-21(18)29-22/h1-2,4-6,8-11,13-15H,3,7,12,16H2. The van der Waals surface area contributed by atoms with Gasteiger partial charge >= 0.3 is 0 Å². The molecule has 1 aliphatic carbocycles. The molecular weight excluding hydrogens is 380 g/mol. The minimum atomic E-state index is 0.317. The quantitative estimate of drug-likeness (QED) is 0.499. The molecule has 5 heteroatoms. The Bertz CT molecular complexity index is 1140. The van der Waals surface area contributed by atoms with Crippen LogP contribution in [0.4, 0.5) is 5.82 Å². The predicted molar refractivity (Wildman–Crippen MR) is 118 cm³/mol. The van der Waals surface area contributed by atoms with Crippen LogP contribution < -0.4 is 0 Å². The normalized spacial score (nSPS) is 17.6. The number of rotatable bonds is 4. The molecule has 0 N–H and O–H groups in total. The van der Waals surface area contributed by atoms with Gasteiger partial charge in [-0.2, -0.15) is 4.99 Å². The van der Waals surface area contributed by atoms with E-state index in [1.807, 2.05) is 12.1 Å². The molecular formula is C24H20N2O2S. The van der Waals surface area contributed by atoms with E-state index in [2.05, 4.69) is 58.5 Å². The average molecular weight is 401 g/mol. The van der Waals surface area contributed by atoms with Crippen LogP contribution >= 0.6 is 11.3 Å². The van der Waals surface area contributed by atoms with Gasteiger partial charge in [-0.1, -0.05) is 42.0 Å². The zero-order valence-corrected chi connectivity index (χ0v) is 16.7. The summed E-state index contributed by atoms with van der Waals surface area (Å²) in [5, 5.41) is 1.25. The van der Waals surface area contributed by atoms with E-state index in [-0.39, 0.29) is 0 Å². The summed E-state index contributed by atoms with van der Waals surface area (Å²) >= 11 is 1.77. The number of aliphatic imine (C=N–C) groups is 1. The Kier molecular flexibility index (Phi) is 4.97. The summed E-state index contributed by atoms with van der Waals surface area (Å²) in [5.74, 6) is 1.95. The van der Waals surface area contributed by atoms with Gasteiger partial charge < -0.3 is 9.47 Å². The van der Waals surface area contributed by atoms with E-state index >= 15 is 0 Å². The fraction of sp³-hybridized carbons (Fsp3) is 0.167. The number of ether oxygens (including phenoxy) is 2. The Morgan fingerprint density at radius 3 is 3.00 bits per heavy atom. The molecule has 4 nitrogen and oxygen atoms in total. The molecule has 0 amide bonds. The minimum absolute atomic E-state index is 0.317. The molecule has 5 rings (SSSR count). The van der Waals surface area contributed by atoms with Gasteiger partial charge in [-0.15, -0.1) is 11.3 Å². The molecule has 2 aliphatic rings. The van der Waals surface area contributed by atoms with Gasteiger partial charge in [0.15, 0.2) is 12.4 Å². The highest BCUT2D eigenvalue weighted by molar-refractivity contribution is 7.22. The summed E-state index contributed by atoms with van der Waals surface area (Å²) in [5.41, 5.74) is 2.45. The van der Waals surface area contributed by atoms with Crippen LogP contribution in [0.25, 0.3) is 20.5 Å². The number of allylic oxidation sites excluding steroid dienone is 4. The lowest BCUT2D eigenvalue weighted by Gasteiger charge is -2.18. The maximum atomic E-state index is 5.97. The van der Waals surface area contributed by atoms with Crippen LogP contribution in [0.1, 0.15) is 19.3 Å². The third-order valence-electron chi connectivity index (χ3n) is 4.87. The van der Waals surface area contributed by atoms with Crippen molar-refractivity contribution in [3.8, 4) is 10.4 Å². The Morgan fingerprint density at radius 1 is 1.14 bits per heavy atom. The third-order valence-corrected chi connectivity index (χ3v) is 6.03. The van der Waals surface area contributed by atoms with Gasteiger partial charge in [0.1, 0.15) is 12.0 Å². The first-order valence-electron chi connectivity index (χ1n) is 9.69. The maximum absolute atomic E-state index is 5.97. The van der Waals surface area contributed by atoms with Gasteiger partial charge in [-0.3, -0.25) is 0 Å². The van der Waals surface area contributed by atoms with Gasteiger partial charge in [0.2, 0.25) is 5.90 Å². The second-order valence-corrected chi connectivity index (χ2v) is 8.11. The van der Waals surface area contributed by atoms with Gasteiger partial charge in [-0.05, 0) is 48.1 Å². The van der Waals surface area contributed by atoms with Crippen LogP contribution in [0, 0.1) is 0 Å². The first-order valence-corrected chi connectivity index (χ1v) is 10.5. The third kappa shape index (κ3) is 4.15. The molecule has 29 heavy (non-hydrogen) atoms. The van der Waals surface area contributed by atoms with Crippen molar-refractivity contribution in [2.24, 2.45) is 4.99 Å². The number of hydrogen-bond donors (Lipinski definition) is 0. The molecule has 2 aromatic heterocycles. The Morgan fingerprint density at radius 2 is 2.10 bits per heavy atom. The highest BCUT2D eigenvalue weighted by Crippen LogP contribution is 2.34. The van der Waals surface area contributed by atoms with E-state index in [4.69, 9.17) is 9.47 Å². The number of nitrogens with zero attached hydrogens (tertiary/aromatic N) is 2.